The molecule has 178 valence electrons. The first-order valence-corrected chi connectivity index (χ1v) is 11.4. The number of fused-ring (bicyclic) bond motifs is 1. The Bertz CT molecular complexity index is 1140. The van der Waals surface area contributed by atoms with Gasteiger partial charge in [-0.2, -0.15) is 0 Å². The second kappa shape index (κ2) is 11.0. The zero-order valence-corrected chi connectivity index (χ0v) is 19.4. The van der Waals surface area contributed by atoms with Crippen LogP contribution in [-0.4, -0.2) is 30.7 Å². The van der Waals surface area contributed by atoms with E-state index in [9.17, 15) is 9.18 Å². The summed E-state index contributed by atoms with van der Waals surface area (Å²) in [7, 11) is 0. The van der Waals surface area contributed by atoms with Gasteiger partial charge in [0, 0.05) is 5.56 Å². The maximum Gasteiger partial charge on any atom is 0.322 e. The molecule has 0 radical (unpaired) electrons. The van der Waals surface area contributed by atoms with Crippen LogP contribution in [0.15, 0.2) is 66.7 Å². The number of anilines is 1. The van der Waals surface area contributed by atoms with Crippen LogP contribution in [0, 0.1) is 5.82 Å². The number of hydrogen-bond acceptors (Lipinski definition) is 4. The molecule has 1 unspecified atom stereocenters. The molecule has 1 N–H and O–H groups in total. The summed E-state index contributed by atoms with van der Waals surface area (Å²) in [5, 5.41) is 2.96. The lowest BCUT2D eigenvalue weighted by Crippen LogP contribution is -2.36. The normalized spacial score (nSPS) is 13.9. The molecular weight excluding hydrogens is 435 g/mol. The standard InChI is InChI=1S/C27H29FN2O4/c1-3-32-26-10-5-4-9-24(26)29-27(31)30-13-14-33-25-12-11-21(16-22(25)17-30)19(2)34-18-20-7-6-8-23(28)15-20/h4-12,15-16,19H,3,13-14,17-18H2,1-2H3,(H,29,31). The molecule has 1 aliphatic rings. The van der Waals surface area contributed by atoms with Crippen molar-refractivity contribution < 1.29 is 23.4 Å². The fourth-order valence-corrected chi connectivity index (χ4v) is 3.83. The number of nitrogens with zero attached hydrogens (tertiary/aromatic N) is 1. The maximum absolute atomic E-state index is 13.4. The quantitative estimate of drug-likeness (QED) is 0.471. The first kappa shape index (κ1) is 23.6. The Hall–Kier alpha value is -3.58. The Morgan fingerprint density at radius 3 is 2.82 bits per heavy atom. The monoisotopic (exact) mass is 464 g/mol. The molecule has 34 heavy (non-hydrogen) atoms. The van der Waals surface area contributed by atoms with Crippen molar-refractivity contribution in [3.8, 4) is 11.5 Å². The van der Waals surface area contributed by atoms with E-state index in [1.54, 1.807) is 11.0 Å². The third-order valence-corrected chi connectivity index (χ3v) is 5.64. The van der Waals surface area contributed by atoms with E-state index in [2.05, 4.69) is 5.32 Å². The first-order chi connectivity index (χ1) is 16.5. The summed E-state index contributed by atoms with van der Waals surface area (Å²) in [5.74, 6) is 1.11. The molecule has 0 aromatic heterocycles. The number of rotatable bonds is 7. The van der Waals surface area contributed by atoms with Gasteiger partial charge in [-0.1, -0.05) is 30.3 Å². The minimum Gasteiger partial charge on any atom is -0.492 e. The highest BCUT2D eigenvalue weighted by Crippen LogP contribution is 2.29. The van der Waals surface area contributed by atoms with Gasteiger partial charge in [0.25, 0.3) is 0 Å². The lowest BCUT2D eigenvalue weighted by molar-refractivity contribution is 0.0523. The SMILES string of the molecule is CCOc1ccccc1NC(=O)N1CCOc2ccc(C(C)OCc3cccc(F)c3)cc2C1. The molecule has 4 rings (SSSR count). The Kier molecular flexibility index (Phi) is 7.65. The topological polar surface area (TPSA) is 60.0 Å². The number of hydrogen-bond donors (Lipinski definition) is 1. The maximum atomic E-state index is 13.4. The highest BCUT2D eigenvalue weighted by Gasteiger charge is 2.22. The third kappa shape index (κ3) is 5.85. The first-order valence-electron chi connectivity index (χ1n) is 11.4. The van der Waals surface area contributed by atoms with Crippen LogP contribution in [0.25, 0.3) is 0 Å². The molecule has 0 aliphatic carbocycles. The largest absolute Gasteiger partial charge is 0.492 e. The second-order valence-electron chi connectivity index (χ2n) is 8.08. The van der Waals surface area contributed by atoms with Crippen molar-refractivity contribution in [1.29, 1.82) is 0 Å². The number of carbonyl (C=O) groups is 1. The van der Waals surface area contributed by atoms with Crippen LogP contribution in [0.2, 0.25) is 0 Å². The zero-order chi connectivity index (χ0) is 23.9. The van der Waals surface area contributed by atoms with Crippen LogP contribution in [0.3, 0.4) is 0 Å². The summed E-state index contributed by atoms with van der Waals surface area (Å²) in [6, 6.07) is 19.4. The van der Waals surface area contributed by atoms with E-state index < -0.39 is 0 Å². The van der Waals surface area contributed by atoms with Crippen LogP contribution >= 0.6 is 0 Å². The lowest BCUT2D eigenvalue weighted by Gasteiger charge is -2.22. The highest BCUT2D eigenvalue weighted by atomic mass is 19.1. The van der Waals surface area contributed by atoms with Crippen molar-refractivity contribution in [3.05, 3.63) is 89.2 Å². The number of para-hydroxylation sites is 2. The van der Waals surface area contributed by atoms with Gasteiger partial charge < -0.3 is 24.4 Å². The van der Waals surface area contributed by atoms with Crippen molar-refractivity contribution >= 4 is 11.7 Å². The van der Waals surface area contributed by atoms with Crippen LogP contribution in [0.4, 0.5) is 14.9 Å². The van der Waals surface area contributed by atoms with E-state index in [1.807, 2.05) is 62.4 Å². The Balaban J connectivity index is 1.44. The highest BCUT2D eigenvalue weighted by molar-refractivity contribution is 5.91. The smallest absolute Gasteiger partial charge is 0.322 e. The lowest BCUT2D eigenvalue weighted by atomic mass is 10.1. The molecule has 1 heterocycles. The molecule has 0 spiro atoms. The van der Waals surface area contributed by atoms with E-state index in [4.69, 9.17) is 14.2 Å². The Labute approximate surface area is 199 Å². The molecule has 1 aliphatic heterocycles. The fraction of sp³-hybridized carbons (Fsp3) is 0.296. The number of halogens is 1. The molecule has 0 saturated carbocycles. The summed E-state index contributed by atoms with van der Waals surface area (Å²) >= 11 is 0. The predicted molar refractivity (Wildman–Crippen MR) is 129 cm³/mol. The molecular formula is C27H29FN2O4. The van der Waals surface area contributed by atoms with Gasteiger partial charge in [0.15, 0.2) is 0 Å². The van der Waals surface area contributed by atoms with E-state index in [1.165, 1.54) is 12.1 Å². The van der Waals surface area contributed by atoms with E-state index >= 15 is 0 Å². The number of carbonyl (C=O) groups excluding carboxylic acids is 1. The molecule has 3 aromatic carbocycles. The summed E-state index contributed by atoms with van der Waals surface area (Å²) < 4.78 is 30.9. The number of benzene rings is 3. The Morgan fingerprint density at radius 2 is 2.00 bits per heavy atom. The number of nitrogens with one attached hydrogen (secondary N) is 1. The van der Waals surface area contributed by atoms with Gasteiger partial charge >= 0.3 is 6.03 Å². The van der Waals surface area contributed by atoms with Gasteiger partial charge in [0.05, 0.1) is 38.1 Å². The molecule has 2 amide bonds. The van der Waals surface area contributed by atoms with Crippen LogP contribution < -0.4 is 14.8 Å². The van der Waals surface area contributed by atoms with E-state index in [0.29, 0.717) is 44.3 Å². The predicted octanol–water partition coefficient (Wildman–Crippen LogP) is 5.93. The molecule has 0 saturated heterocycles. The van der Waals surface area contributed by atoms with Gasteiger partial charge in [0.2, 0.25) is 0 Å². The third-order valence-electron chi connectivity index (χ3n) is 5.64. The number of ether oxygens (including phenoxy) is 3. The van der Waals surface area contributed by atoms with Crippen molar-refractivity contribution in [3.63, 3.8) is 0 Å². The molecule has 3 aromatic rings. The van der Waals surface area contributed by atoms with Crippen molar-refractivity contribution in [2.24, 2.45) is 0 Å². The summed E-state index contributed by atoms with van der Waals surface area (Å²) in [6.45, 7) is 5.94. The van der Waals surface area contributed by atoms with Crippen LogP contribution in [0.5, 0.6) is 11.5 Å². The fourth-order valence-electron chi connectivity index (χ4n) is 3.83. The summed E-state index contributed by atoms with van der Waals surface area (Å²) in [5.41, 5.74) is 3.28. The van der Waals surface area contributed by atoms with Gasteiger partial charge in [-0.25, -0.2) is 9.18 Å². The van der Waals surface area contributed by atoms with E-state index in [-0.39, 0.29) is 18.0 Å². The molecule has 6 nitrogen and oxygen atoms in total. The second-order valence-corrected chi connectivity index (χ2v) is 8.08. The minimum atomic E-state index is -0.279. The van der Waals surface area contributed by atoms with Gasteiger partial charge in [-0.05, 0) is 61.4 Å². The van der Waals surface area contributed by atoms with Crippen LogP contribution in [-0.2, 0) is 17.9 Å². The molecule has 7 heteroatoms. The Morgan fingerprint density at radius 1 is 1.15 bits per heavy atom. The summed E-state index contributed by atoms with van der Waals surface area (Å²) in [4.78, 5) is 14.8. The average molecular weight is 465 g/mol. The molecule has 1 atom stereocenters. The van der Waals surface area contributed by atoms with Crippen molar-refractivity contribution in [1.82, 2.24) is 4.90 Å². The minimum absolute atomic E-state index is 0.211. The van der Waals surface area contributed by atoms with Crippen molar-refractivity contribution in [2.45, 2.75) is 33.1 Å². The van der Waals surface area contributed by atoms with Crippen LogP contribution in [0.1, 0.15) is 36.6 Å². The van der Waals surface area contributed by atoms with Gasteiger partial charge in [-0.15, -0.1) is 0 Å². The number of urea groups is 1. The number of amides is 2. The van der Waals surface area contributed by atoms with Crippen molar-refractivity contribution in [2.75, 3.05) is 25.1 Å². The molecule has 0 bridgehead atoms. The van der Waals surface area contributed by atoms with Gasteiger partial charge in [-0.3, -0.25) is 0 Å². The summed E-state index contributed by atoms with van der Waals surface area (Å²) in [6.07, 6.45) is -0.211. The average Bonchev–Trinajstić information content (AvgIpc) is 3.06. The van der Waals surface area contributed by atoms with Gasteiger partial charge in [0.1, 0.15) is 23.9 Å². The van der Waals surface area contributed by atoms with E-state index in [0.717, 1.165) is 22.4 Å². The zero-order valence-electron chi connectivity index (χ0n) is 19.4. The molecule has 0 fully saturated rings.